The molecule has 0 saturated carbocycles. The van der Waals surface area contributed by atoms with Crippen molar-refractivity contribution in [2.24, 2.45) is 5.73 Å². The molecule has 2 rings (SSSR count). The molecule has 0 aliphatic rings. The smallest absolute Gasteiger partial charge is 0.259 e. The predicted molar refractivity (Wildman–Crippen MR) is 80.9 cm³/mol. The fourth-order valence-electron chi connectivity index (χ4n) is 2.26. The molecule has 2 aromatic rings. The first kappa shape index (κ1) is 14.7. The van der Waals surface area contributed by atoms with Crippen LogP contribution in [0.2, 0.25) is 0 Å². The van der Waals surface area contributed by atoms with Crippen LogP contribution in [0.25, 0.3) is 11.1 Å². The normalized spacial score (nSPS) is 11.6. The lowest BCUT2D eigenvalue weighted by molar-refractivity contribution is 0.100. The molecule has 0 aliphatic heterocycles. The van der Waals surface area contributed by atoms with E-state index < -0.39 is 15.7 Å². The third-order valence-corrected chi connectivity index (χ3v) is 5.05. The SMILES string of the molecule is Cc1cc(C)c(-c2ccsc2C(N)=O)c(S(C)(=O)=O)c1. The Kier molecular flexibility index (Phi) is 3.71. The lowest BCUT2D eigenvalue weighted by Gasteiger charge is -2.13. The molecule has 1 amide bonds. The fraction of sp³-hybridized carbons (Fsp3) is 0.214. The van der Waals surface area contributed by atoms with Crippen LogP contribution in [0.3, 0.4) is 0 Å². The maximum absolute atomic E-state index is 12.0. The van der Waals surface area contributed by atoms with Crippen LogP contribution < -0.4 is 5.73 Å². The third kappa shape index (κ3) is 2.62. The van der Waals surface area contributed by atoms with Gasteiger partial charge in [-0.05, 0) is 42.5 Å². The molecular weight excluding hydrogens is 294 g/mol. The first-order valence-electron chi connectivity index (χ1n) is 5.91. The average Bonchev–Trinajstić information content (AvgIpc) is 2.75. The first-order chi connectivity index (χ1) is 9.21. The van der Waals surface area contributed by atoms with E-state index in [0.29, 0.717) is 16.0 Å². The lowest BCUT2D eigenvalue weighted by atomic mass is 9.99. The van der Waals surface area contributed by atoms with Crippen molar-refractivity contribution >= 4 is 27.1 Å². The van der Waals surface area contributed by atoms with E-state index in [1.165, 1.54) is 17.6 Å². The van der Waals surface area contributed by atoms with Crippen molar-refractivity contribution in [3.05, 3.63) is 39.6 Å². The van der Waals surface area contributed by atoms with Crippen molar-refractivity contribution in [3.8, 4) is 11.1 Å². The monoisotopic (exact) mass is 309 g/mol. The third-order valence-electron chi connectivity index (χ3n) is 3.00. The zero-order valence-electron chi connectivity index (χ0n) is 11.4. The Labute approximate surface area is 122 Å². The van der Waals surface area contributed by atoms with Crippen LogP contribution in [0.15, 0.2) is 28.5 Å². The highest BCUT2D eigenvalue weighted by atomic mass is 32.2. The molecule has 2 N–H and O–H groups in total. The van der Waals surface area contributed by atoms with Gasteiger partial charge in [-0.1, -0.05) is 6.07 Å². The van der Waals surface area contributed by atoms with Gasteiger partial charge in [-0.3, -0.25) is 4.79 Å². The van der Waals surface area contributed by atoms with Gasteiger partial charge in [0.15, 0.2) is 9.84 Å². The second kappa shape index (κ2) is 5.03. The first-order valence-corrected chi connectivity index (χ1v) is 8.68. The van der Waals surface area contributed by atoms with Gasteiger partial charge in [-0.2, -0.15) is 0 Å². The van der Waals surface area contributed by atoms with E-state index in [1.54, 1.807) is 17.5 Å². The second-order valence-electron chi connectivity index (χ2n) is 4.75. The van der Waals surface area contributed by atoms with Gasteiger partial charge in [0.1, 0.15) is 0 Å². The molecule has 1 aromatic heterocycles. The van der Waals surface area contributed by atoms with Crippen molar-refractivity contribution in [3.63, 3.8) is 0 Å². The molecule has 6 heteroatoms. The van der Waals surface area contributed by atoms with Gasteiger partial charge in [-0.25, -0.2) is 8.42 Å². The molecule has 4 nitrogen and oxygen atoms in total. The Morgan fingerprint density at radius 2 is 1.90 bits per heavy atom. The Bertz CT molecular complexity index is 789. The molecule has 1 heterocycles. The molecule has 0 atom stereocenters. The van der Waals surface area contributed by atoms with E-state index in [0.717, 1.165) is 11.1 Å². The summed E-state index contributed by atoms with van der Waals surface area (Å²) in [5.74, 6) is -0.547. The summed E-state index contributed by atoms with van der Waals surface area (Å²) in [6.07, 6.45) is 1.17. The summed E-state index contributed by atoms with van der Waals surface area (Å²) in [6, 6.07) is 5.25. The van der Waals surface area contributed by atoms with E-state index in [4.69, 9.17) is 5.73 Å². The van der Waals surface area contributed by atoms with Crippen LogP contribution in [0, 0.1) is 13.8 Å². The van der Waals surface area contributed by atoms with Gasteiger partial charge in [0.05, 0.1) is 9.77 Å². The Morgan fingerprint density at radius 1 is 1.25 bits per heavy atom. The number of thiophene rings is 1. The molecule has 0 saturated heterocycles. The van der Waals surface area contributed by atoms with Gasteiger partial charge in [0.25, 0.3) is 5.91 Å². The number of primary amides is 1. The number of nitrogens with two attached hydrogens (primary N) is 1. The number of sulfone groups is 1. The molecule has 0 bridgehead atoms. The lowest BCUT2D eigenvalue weighted by Crippen LogP contribution is -2.11. The minimum Gasteiger partial charge on any atom is -0.365 e. The van der Waals surface area contributed by atoms with Crippen LogP contribution >= 0.6 is 11.3 Å². The molecule has 0 unspecified atom stereocenters. The maximum Gasteiger partial charge on any atom is 0.259 e. The molecule has 1 aromatic carbocycles. The number of amides is 1. The van der Waals surface area contributed by atoms with Crippen LogP contribution in [0.4, 0.5) is 0 Å². The number of rotatable bonds is 3. The number of hydrogen-bond donors (Lipinski definition) is 1. The molecular formula is C14H15NO3S2. The average molecular weight is 309 g/mol. The quantitative estimate of drug-likeness (QED) is 0.946. The van der Waals surface area contributed by atoms with Crippen molar-refractivity contribution in [1.29, 1.82) is 0 Å². The van der Waals surface area contributed by atoms with Gasteiger partial charge in [0.2, 0.25) is 0 Å². The highest BCUT2D eigenvalue weighted by molar-refractivity contribution is 7.90. The summed E-state index contributed by atoms with van der Waals surface area (Å²) in [7, 11) is -3.39. The number of carbonyl (C=O) groups is 1. The van der Waals surface area contributed by atoms with E-state index in [-0.39, 0.29) is 4.90 Å². The van der Waals surface area contributed by atoms with E-state index in [2.05, 4.69) is 0 Å². The van der Waals surface area contributed by atoms with Gasteiger partial charge in [0, 0.05) is 17.4 Å². The van der Waals surface area contributed by atoms with Crippen LogP contribution in [-0.2, 0) is 9.84 Å². The van der Waals surface area contributed by atoms with Crippen molar-refractivity contribution < 1.29 is 13.2 Å². The maximum atomic E-state index is 12.0. The summed E-state index contributed by atoms with van der Waals surface area (Å²) in [6.45, 7) is 3.67. The Balaban J connectivity index is 2.87. The van der Waals surface area contributed by atoms with Gasteiger partial charge < -0.3 is 5.73 Å². The Hall–Kier alpha value is -1.66. The van der Waals surface area contributed by atoms with Crippen molar-refractivity contribution in [2.75, 3.05) is 6.26 Å². The topological polar surface area (TPSA) is 77.2 Å². The highest BCUT2D eigenvalue weighted by Gasteiger charge is 2.21. The Morgan fingerprint density at radius 3 is 2.45 bits per heavy atom. The minimum atomic E-state index is -3.39. The molecule has 0 spiro atoms. The zero-order valence-corrected chi connectivity index (χ0v) is 13.1. The predicted octanol–water partition coefficient (Wildman–Crippen LogP) is 2.53. The molecule has 0 radical (unpaired) electrons. The van der Waals surface area contributed by atoms with E-state index in [1.807, 2.05) is 19.9 Å². The summed E-state index contributed by atoms with van der Waals surface area (Å²) in [5, 5.41) is 1.74. The summed E-state index contributed by atoms with van der Waals surface area (Å²) in [4.78, 5) is 12.1. The van der Waals surface area contributed by atoms with Gasteiger partial charge in [-0.15, -0.1) is 11.3 Å². The van der Waals surface area contributed by atoms with Gasteiger partial charge >= 0.3 is 0 Å². The number of aryl methyl sites for hydroxylation is 2. The number of carbonyl (C=O) groups excluding carboxylic acids is 1. The van der Waals surface area contributed by atoms with E-state index >= 15 is 0 Å². The molecule has 106 valence electrons. The highest BCUT2D eigenvalue weighted by Crippen LogP contribution is 2.36. The minimum absolute atomic E-state index is 0.232. The number of benzene rings is 1. The van der Waals surface area contributed by atoms with Crippen molar-refractivity contribution in [1.82, 2.24) is 0 Å². The summed E-state index contributed by atoms with van der Waals surface area (Å²) < 4.78 is 24.0. The molecule has 0 fully saturated rings. The van der Waals surface area contributed by atoms with E-state index in [9.17, 15) is 13.2 Å². The summed E-state index contributed by atoms with van der Waals surface area (Å²) in [5.41, 5.74) is 8.18. The summed E-state index contributed by atoms with van der Waals surface area (Å²) >= 11 is 1.22. The zero-order chi connectivity index (χ0) is 15.1. The largest absolute Gasteiger partial charge is 0.365 e. The van der Waals surface area contributed by atoms with Crippen LogP contribution in [0.1, 0.15) is 20.8 Å². The van der Waals surface area contributed by atoms with Crippen LogP contribution in [-0.4, -0.2) is 20.6 Å². The molecule has 0 aliphatic carbocycles. The van der Waals surface area contributed by atoms with Crippen molar-refractivity contribution in [2.45, 2.75) is 18.7 Å². The molecule has 20 heavy (non-hydrogen) atoms. The standard InChI is InChI=1S/C14H15NO3S2/c1-8-6-9(2)12(11(7-8)20(3,17)18)10-4-5-19-13(10)14(15)16/h4-7H,1-3H3,(H2,15,16). The number of hydrogen-bond acceptors (Lipinski definition) is 4. The fourth-order valence-corrected chi connectivity index (χ4v) is 4.06. The second-order valence-corrected chi connectivity index (χ2v) is 7.66. The van der Waals surface area contributed by atoms with Crippen LogP contribution in [0.5, 0.6) is 0 Å².